The molecule has 4 heteroatoms. The molecule has 0 bridgehead atoms. The fraction of sp³-hybridized carbons (Fsp3) is 0.923. The predicted molar refractivity (Wildman–Crippen MR) is 67.1 cm³/mol. The molecule has 1 aliphatic rings. The van der Waals surface area contributed by atoms with Crippen LogP contribution in [-0.4, -0.2) is 35.9 Å². The zero-order valence-electron chi connectivity index (χ0n) is 10.9. The fourth-order valence-electron chi connectivity index (χ4n) is 2.41. The maximum atomic E-state index is 11.1. The Labute approximate surface area is 104 Å². The minimum atomic E-state index is -0.731. The van der Waals surface area contributed by atoms with Crippen LogP contribution in [0, 0.1) is 0 Å². The number of rotatable bonds is 7. The standard InChI is InChI=1S/C13H25NO3/c1-3-5-11-9-10(7-8-17-11)14-12(6-4-2)13(15)16/h10-12,14H,3-9H2,1-2H3,(H,15,16). The van der Waals surface area contributed by atoms with Gasteiger partial charge in [-0.15, -0.1) is 0 Å². The minimum Gasteiger partial charge on any atom is -0.480 e. The van der Waals surface area contributed by atoms with Crippen molar-refractivity contribution in [2.24, 2.45) is 0 Å². The highest BCUT2D eigenvalue weighted by molar-refractivity contribution is 5.73. The monoisotopic (exact) mass is 243 g/mol. The van der Waals surface area contributed by atoms with Gasteiger partial charge in [-0.2, -0.15) is 0 Å². The van der Waals surface area contributed by atoms with Gasteiger partial charge in [-0.05, 0) is 25.7 Å². The zero-order chi connectivity index (χ0) is 12.7. The van der Waals surface area contributed by atoms with E-state index in [4.69, 9.17) is 9.84 Å². The van der Waals surface area contributed by atoms with E-state index in [-0.39, 0.29) is 0 Å². The molecule has 3 unspecified atom stereocenters. The van der Waals surface area contributed by atoms with Gasteiger partial charge >= 0.3 is 5.97 Å². The largest absolute Gasteiger partial charge is 0.480 e. The molecule has 3 atom stereocenters. The molecule has 1 fully saturated rings. The topological polar surface area (TPSA) is 58.6 Å². The lowest BCUT2D eigenvalue weighted by Gasteiger charge is -2.32. The van der Waals surface area contributed by atoms with Crippen molar-refractivity contribution < 1.29 is 14.6 Å². The maximum Gasteiger partial charge on any atom is 0.320 e. The third kappa shape index (κ3) is 5.04. The van der Waals surface area contributed by atoms with Crippen molar-refractivity contribution in [2.75, 3.05) is 6.61 Å². The minimum absolute atomic E-state index is 0.299. The molecular weight excluding hydrogens is 218 g/mol. The van der Waals surface area contributed by atoms with Gasteiger partial charge in [0.1, 0.15) is 6.04 Å². The summed E-state index contributed by atoms with van der Waals surface area (Å²) in [6.45, 7) is 4.92. The molecule has 0 aromatic carbocycles. The summed E-state index contributed by atoms with van der Waals surface area (Å²) in [6, 6.07) is -0.0988. The third-order valence-corrected chi connectivity index (χ3v) is 3.29. The molecule has 0 aromatic heterocycles. The van der Waals surface area contributed by atoms with Crippen molar-refractivity contribution in [3.63, 3.8) is 0 Å². The average Bonchev–Trinajstić information content (AvgIpc) is 2.29. The molecule has 1 saturated heterocycles. The van der Waals surface area contributed by atoms with E-state index in [1.165, 1.54) is 0 Å². The molecule has 1 heterocycles. The van der Waals surface area contributed by atoms with Gasteiger partial charge in [0.05, 0.1) is 6.10 Å². The van der Waals surface area contributed by atoms with Crippen molar-refractivity contribution in [3.05, 3.63) is 0 Å². The van der Waals surface area contributed by atoms with Gasteiger partial charge < -0.3 is 15.2 Å². The van der Waals surface area contributed by atoms with E-state index in [1.54, 1.807) is 0 Å². The molecule has 1 rings (SSSR count). The molecule has 4 nitrogen and oxygen atoms in total. The first-order valence-electron chi connectivity index (χ1n) is 6.77. The summed E-state index contributed by atoms with van der Waals surface area (Å²) in [5, 5.41) is 12.4. The molecule has 0 saturated carbocycles. The quantitative estimate of drug-likeness (QED) is 0.719. The SMILES string of the molecule is CCCC1CC(NC(CCC)C(=O)O)CCO1. The molecule has 0 radical (unpaired) electrons. The molecule has 17 heavy (non-hydrogen) atoms. The first-order valence-corrected chi connectivity index (χ1v) is 6.77. The molecular formula is C13H25NO3. The second-order valence-corrected chi connectivity index (χ2v) is 4.85. The second kappa shape index (κ2) is 7.67. The number of aliphatic carboxylic acids is 1. The predicted octanol–water partition coefficient (Wildman–Crippen LogP) is 2.18. The van der Waals surface area contributed by atoms with Crippen LogP contribution in [-0.2, 0) is 9.53 Å². The summed E-state index contributed by atoms with van der Waals surface area (Å²) in [5.74, 6) is -0.731. The number of hydrogen-bond acceptors (Lipinski definition) is 3. The maximum absolute atomic E-state index is 11.1. The van der Waals surface area contributed by atoms with Crippen LogP contribution in [0.15, 0.2) is 0 Å². The van der Waals surface area contributed by atoms with Crippen molar-refractivity contribution in [3.8, 4) is 0 Å². The lowest BCUT2D eigenvalue weighted by molar-refractivity contribution is -0.140. The fourth-order valence-corrected chi connectivity index (χ4v) is 2.41. The van der Waals surface area contributed by atoms with E-state index < -0.39 is 12.0 Å². The number of nitrogens with one attached hydrogen (secondary N) is 1. The van der Waals surface area contributed by atoms with Gasteiger partial charge in [-0.1, -0.05) is 26.7 Å². The Balaban J connectivity index is 2.40. The third-order valence-electron chi connectivity index (χ3n) is 3.29. The van der Waals surface area contributed by atoms with Gasteiger partial charge in [0.2, 0.25) is 0 Å². The molecule has 0 spiro atoms. The van der Waals surface area contributed by atoms with E-state index in [0.717, 1.165) is 38.7 Å². The van der Waals surface area contributed by atoms with Crippen molar-refractivity contribution >= 4 is 5.97 Å². The highest BCUT2D eigenvalue weighted by Gasteiger charge is 2.26. The number of carbonyl (C=O) groups is 1. The van der Waals surface area contributed by atoms with Gasteiger partial charge in [0, 0.05) is 12.6 Å². The zero-order valence-corrected chi connectivity index (χ0v) is 10.9. The van der Waals surface area contributed by atoms with Crippen LogP contribution in [0.4, 0.5) is 0 Å². The van der Waals surface area contributed by atoms with E-state index in [1.807, 2.05) is 6.92 Å². The van der Waals surface area contributed by atoms with E-state index in [0.29, 0.717) is 18.6 Å². The summed E-state index contributed by atoms with van der Waals surface area (Å²) < 4.78 is 5.66. The second-order valence-electron chi connectivity index (χ2n) is 4.85. The Kier molecular flexibility index (Phi) is 6.52. The van der Waals surface area contributed by atoms with Gasteiger partial charge in [-0.3, -0.25) is 4.79 Å². The number of carboxylic acid groups (broad SMARTS) is 1. The molecule has 0 aliphatic carbocycles. The lowest BCUT2D eigenvalue weighted by Crippen LogP contribution is -2.47. The van der Waals surface area contributed by atoms with E-state index in [9.17, 15) is 4.79 Å². The molecule has 2 N–H and O–H groups in total. The summed E-state index contributed by atoms with van der Waals surface area (Å²) in [6.07, 6.45) is 5.96. The molecule has 1 aliphatic heterocycles. The van der Waals surface area contributed by atoms with Crippen LogP contribution in [0.25, 0.3) is 0 Å². The Morgan fingerprint density at radius 1 is 1.47 bits per heavy atom. The van der Waals surface area contributed by atoms with Gasteiger partial charge in [-0.25, -0.2) is 0 Å². The van der Waals surface area contributed by atoms with Crippen LogP contribution in [0.1, 0.15) is 52.4 Å². The Morgan fingerprint density at radius 3 is 2.82 bits per heavy atom. The van der Waals surface area contributed by atoms with E-state index >= 15 is 0 Å². The number of ether oxygens (including phenoxy) is 1. The van der Waals surface area contributed by atoms with Crippen LogP contribution in [0.2, 0.25) is 0 Å². The summed E-state index contributed by atoms with van der Waals surface area (Å²) >= 11 is 0. The van der Waals surface area contributed by atoms with Crippen molar-refractivity contribution in [1.82, 2.24) is 5.32 Å². The molecule has 100 valence electrons. The summed E-state index contributed by atoms with van der Waals surface area (Å²) in [5.41, 5.74) is 0. The average molecular weight is 243 g/mol. The first-order chi connectivity index (χ1) is 8.17. The lowest BCUT2D eigenvalue weighted by atomic mass is 9.98. The number of carboxylic acids is 1. The van der Waals surface area contributed by atoms with Crippen molar-refractivity contribution in [1.29, 1.82) is 0 Å². The Morgan fingerprint density at radius 2 is 2.24 bits per heavy atom. The molecule has 0 amide bonds. The highest BCUT2D eigenvalue weighted by Crippen LogP contribution is 2.18. The van der Waals surface area contributed by atoms with Crippen LogP contribution >= 0.6 is 0 Å². The van der Waals surface area contributed by atoms with Crippen LogP contribution in [0.5, 0.6) is 0 Å². The normalized spacial score (nSPS) is 26.7. The first kappa shape index (κ1) is 14.5. The van der Waals surface area contributed by atoms with Crippen LogP contribution in [0.3, 0.4) is 0 Å². The molecule has 0 aromatic rings. The Bertz CT molecular complexity index is 231. The van der Waals surface area contributed by atoms with E-state index in [2.05, 4.69) is 12.2 Å². The Hall–Kier alpha value is -0.610. The summed E-state index contributed by atoms with van der Waals surface area (Å²) in [7, 11) is 0. The smallest absolute Gasteiger partial charge is 0.320 e. The van der Waals surface area contributed by atoms with Crippen molar-refractivity contribution in [2.45, 2.75) is 70.6 Å². The highest BCUT2D eigenvalue weighted by atomic mass is 16.5. The van der Waals surface area contributed by atoms with Gasteiger partial charge in [0.15, 0.2) is 0 Å². The number of hydrogen-bond donors (Lipinski definition) is 2. The van der Waals surface area contributed by atoms with Crippen LogP contribution < -0.4 is 5.32 Å². The van der Waals surface area contributed by atoms with Gasteiger partial charge in [0.25, 0.3) is 0 Å². The summed E-state index contributed by atoms with van der Waals surface area (Å²) in [4.78, 5) is 11.1.